The first-order chi connectivity index (χ1) is 9.36. The molecule has 0 radical (unpaired) electrons. The second kappa shape index (κ2) is 5.57. The largest absolute Gasteiger partial charge is 0.490 e. The molecule has 1 aromatic heterocycles. The van der Waals surface area contributed by atoms with Gasteiger partial charge in [-0.1, -0.05) is 6.92 Å². The standard InChI is InChI=1S/C16H20N2O/c1-2-12-10-18-11-13-3-4-15(9-16(12)13)19-14-5-7-17-8-6-14/h3-4,9-11,14,17H,2,5-8H2,1H3. The first-order valence-corrected chi connectivity index (χ1v) is 7.11. The van der Waals surface area contributed by atoms with Crippen molar-refractivity contribution in [3.05, 3.63) is 36.2 Å². The van der Waals surface area contributed by atoms with Crippen LogP contribution in [-0.2, 0) is 6.42 Å². The third-order valence-electron chi connectivity index (χ3n) is 3.78. The van der Waals surface area contributed by atoms with Gasteiger partial charge in [0.25, 0.3) is 0 Å². The van der Waals surface area contributed by atoms with Gasteiger partial charge < -0.3 is 10.1 Å². The average Bonchev–Trinajstić information content (AvgIpc) is 2.47. The number of aromatic nitrogens is 1. The number of nitrogens with one attached hydrogen (secondary N) is 1. The molecule has 3 rings (SSSR count). The van der Waals surface area contributed by atoms with Crippen molar-refractivity contribution in [3.63, 3.8) is 0 Å². The van der Waals surface area contributed by atoms with Gasteiger partial charge in [-0.15, -0.1) is 0 Å². The molecule has 0 unspecified atom stereocenters. The fourth-order valence-electron chi connectivity index (χ4n) is 2.66. The lowest BCUT2D eigenvalue weighted by atomic mass is 10.1. The number of ether oxygens (including phenoxy) is 1. The van der Waals surface area contributed by atoms with E-state index >= 15 is 0 Å². The molecule has 1 N–H and O–H groups in total. The van der Waals surface area contributed by atoms with Gasteiger partial charge in [-0.3, -0.25) is 4.98 Å². The van der Waals surface area contributed by atoms with Crippen molar-refractivity contribution in [2.75, 3.05) is 13.1 Å². The smallest absolute Gasteiger partial charge is 0.120 e. The van der Waals surface area contributed by atoms with E-state index in [4.69, 9.17) is 4.74 Å². The molecule has 0 spiro atoms. The van der Waals surface area contributed by atoms with Crippen LogP contribution in [0.3, 0.4) is 0 Å². The Morgan fingerprint density at radius 2 is 2.11 bits per heavy atom. The van der Waals surface area contributed by atoms with Crippen LogP contribution < -0.4 is 10.1 Å². The Balaban J connectivity index is 1.87. The molecule has 1 aliphatic heterocycles. The maximum Gasteiger partial charge on any atom is 0.120 e. The van der Waals surface area contributed by atoms with E-state index in [9.17, 15) is 0 Å². The fraction of sp³-hybridized carbons (Fsp3) is 0.438. The van der Waals surface area contributed by atoms with Gasteiger partial charge in [0.2, 0.25) is 0 Å². The summed E-state index contributed by atoms with van der Waals surface area (Å²) in [6.45, 7) is 4.28. The van der Waals surface area contributed by atoms with Crippen LogP contribution in [0.4, 0.5) is 0 Å². The quantitative estimate of drug-likeness (QED) is 0.917. The normalized spacial score (nSPS) is 16.7. The second-order valence-electron chi connectivity index (χ2n) is 5.10. The van der Waals surface area contributed by atoms with E-state index in [1.54, 1.807) is 0 Å². The summed E-state index contributed by atoms with van der Waals surface area (Å²) in [5.41, 5.74) is 1.29. The number of hydrogen-bond donors (Lipinski definition) is 1. The molecular weight excluding hydrogens is 236 g/mol. The predicted molar refractivity (Wildman–Crippen MR) is 77.6 cm³/mol. The lowest BCUT2D eigenvalue weighted by Crippen LogP contribution is -2.34. The lowest BCUT2D eigenvalue weighted by molar-refractivity contribution is 0.162. The number of pyridine rings is 1. The Kier molecular flexibility index (Phi) is 3.65. The molecule has 2 aromatic rings. The van der Waals surface area contributed by atoms with E-state index in [1.165, 1.54) is 16.3 Å². The highest BCUT2D eigenvalue weighted by Crippen LogP contribution is 2.25. The zero-order valence-electron chi connectivity index (χ0n) is 11.4. The van der Waals surface area contributed by atoms with Crippen LogP contribution in [0.25, 0.3) is 10.8 Å². The minimum atomic E-state index is 0.352. The zero-order valence-corrected chi connectivity index (χ0v) is 11.4. The van der Waals surface area contributed by atoms with Gasteiger partial charge in [-0.2, -0.15) is 0 Å². The van der Waals surface area contributed by atoms with Crippen LogP contribution in [0.2, 0.25) is 0 Å². The number of fused-ring (bicyclic) bond motifs is 1. The van der Waals surface area contributed by atoms with Crippen molar-refractivity contribution in [1.29, 1.82) is 0 Å². The Bertz CT molecular complexity index is 562. The minimum absolute atomic E-state index is 0.352. The van der Waals surface area contributed by atoms with Crippen LogP contribution in [0.5, 0.6) is 5.75 Å². The molecule has 0 saturated carbocycles. The Morgan fingerprint density at radius 1 is 1.26 bits per heavy atom. The van der Waals surface area contributed by atoms with E-state index in [-0.39, 0.29) is 0 Å². The van der Waals surface area contributed by atoms with Crippen molar-refractivity contribution in [3.8, 4) is 5.75 Å². The summed E-state index contributed by atoms with van der Waals surface area (Å²) in [5.74, 6) is 0.986. The number of rotatable bonds is 3. The van der Waals surface area contributed by atoms with E-state index in [2.05, 4.69) is 35.4 Å². The molecule has 0 atom stereocenters. The van der Waals surface area contributed by atoms with Gasteiger partial charge in [0, 0.05) is 17.8 Å². The summed E-state index contributed by atoms with van der Waals surface area (Å²) < 4.78 is 6.10. The molecule has 100 valence electrons. The zero-order chi connectivity index (χ0) is 13.1. The maximum atomic E-state index is 6.10. The summed E-state index contributed by atoms with van der Waals surface area (Å²) in [6, 6.07) is 6.33. The summed E-state index contributed by atoms with van der Waals surface area (Å²) in [4.78, 5) is 4.28. The van der Waals surface area contributed by atoms with Gasteiger partial charge in [0.15, 0.2) is 0 Å². The van der Waals surface area contributed by atoms with E-state index in [0.717, 1.165) is 38.1 Å². The first-order valence-electron chi connectivity index (χ1n) is 7.11. The average molecular weight is 256 g/mol. The molecule has 0 amide bonds. The van der Waals surface area contributed by atoms with Crippen molar-refractivity contribution < 1.29 is 4.74 Å². The summed E-state index contributed by atoms with van der Waals surface area (Å²) in [5, 5.41) is 5.82. The summed E-state index contributed by atoms with van der Waals surface area (Å²) in [7, 11) is 0. The van der Waals surface area contributed by atoms with Crippen LogP contribution in [0, 0.1) is 0 Å². The predicted octanol–water partition coefficient (Wildman–Crippen LogP) is 2.93. The van der Waals surface area contributed by atoms with Crippen LogP contribution in [0.15, 0.2) is 30.6 Å². The third kappa shape index (κ3) is 2.71. The fourth-order valence-corrected chi connectivity index (χ4v) is 2.66. The van der Waals surface area contributed by atoms with Gasteiger partial charge >= 0.3 is 0 Å². The van der Waals surface area contributed by atoms with Gasteiger partial charge in [-0.25, -0.2) is 0 Å². The number of hydrogen-bond acceptors (Lipinski definition) is 3. The minimum Gasteiger partial charge on any atom is -0.490 e. The van der Waals surface area contributed by atoms with E-state index in [1.807, 2.05) is 12.4 Å². The molecule has 3 heteroatoms. The molecule has 1 fully saturated rings. The Morgan fingerprint density at radius 3 is 2.89 bits per heavy atom. The number of nitrogens with zero attached hydrogens (tertiary/aromatic N) is 1. The van der Waals surface area contributed by atoms with Crippen LogP contribution in [0.1, 0.15) is 25.3 Å². The molecule has 0 aliphatic carbocycles. The highest BCUT2D eigenvalue weighted by Gasteiger charge is 2.14. The highest BCUT2D eigenvalue weighted by atomic mass is 16.5. The van der Waals surface area contributed by atoms with E-state index < -0.39 is 0 Å². The first kappa shape index (κ1) is 12.4. The molecule has 1 aliphatic rings. The highest BCUT2D eigenvalue weighted by molar-refractivity contribution is 5.86. The molecule has 1 saturated heterocycles. The molecular formula is C16H20N2O. The number of benzene rings is 1. The second-order valence-corrected chi connectivity index (χ2v) is 5.10. The van der Waals surface area contributed by atoms with Crippen molar-refractivity contribution in [1.82, 2.24) is 10.3 Å². The summed E-state index contributed by atoms with van der Waals surface area (Å²) >= 11 is 0. The third-order valence-corrected chi connectivity index (χ3v) is 3.78. The SMILES string of the molecule is CCc1cncc2ccc(OC3CCNCC3)cc12. The Hall–Kier alpha value is -1.61. The van der Waals surface area contributed by atoms with Crippen LogP contribution in [-0.4, -0.2) is 24.2 Å². The van der Waals surface area contributed by atoms with Gasteiger partial charge in [0.05, 0.1) is 0 Å². The van der Waals surface area contributed by atoms with Crippen molar-refractivity contribution in [2.24, 2.45) is 0 Å². The molecule has 0 bridgehead atoms. The van der Waals surface area contributed by atoms with Crippen molar-refractivity contribution >= 4 is 10.8 Å². The molecule has 3 nitrogen and oxygen atoms in total. The summed E-state index contributed by atoms with van der Waals surface area (Å²) in [6.07, 6.45) is 7.41. The van der Waals surface area contributed by atoms with Gasteiger partial charge in [-0.05, 0) is 61.5 Å². The molecule has 19 heavy (non-hydrogen) atoms. The van der Waals surface area contributed by atoms with Crippen LogP contribution >= 0.6 is 0 Å². The monoisotopic (exact) mass is 256 g/mol. The topological polar surface area (TPSA) is 34.1 Å². The number of aryl methyl sites for hydroxylation is 1. The molecule has 1 aromatic carbocycles. The van der Waals surface area contributed by atoms with E-state index in [0.29, 0.717) is 6.10 Å². The Labute approximate surface area is 114 Å². The maximum absolute atomic E-state index is 6.10. The lowest BCUT2D eigenvalue weighted by Gasteiger charge is -2.24. The number of piperidine rings is 1. The molecule has 2 heterocycles. The van der Waals surface area contributed by atoms with Crippen molar-refractivity contribution in [2.45, 2.75) is 32.3 Å². The van der Waals surface area contributed by atoms with Gasteiger partial charge in [0.1, 0.15) is 11.9 Å².